The minimum absolute atomic E-state index is 0.00933. The second kappa shape index (κ2) is 12.0. The zero-order valence-electron chi connectivity index (χ0n) is 25.1. The van der Waals surface area contributed by atoms with Crippen LogP contribution in [0.2, 0.25) is 0 Å². The summed E-state index contributed by atoms with van der Waals surface area (Å²) in [6.45, 7) is 5.02. The lowest BCUT2D eigenvalue weighted by atomic mass is 9.99. The van der Waals surface area contributed by atoms with Gasteiger partial charge in [-0.25, -0.2) is 18.1 Å². The molecule has 0 saturated heterocycles. The molecule has 10 nitrogen and oxygen atoms in total. The maximum atomic E-state index is 14.2. The lowest BCUT2D eigenvalue weighted by Crippen LogP contribution is -2.50. The van der Waals surface area contributed by atoms with Crippen molar-refractivity contribution in [1.82, 2.24) is 19.6 Å². The minimum atomic E-state index is -4.12. The van der Waals surface area contributed by atoms with Crippen molar-refractivity contribution in [2.75, 3.05) is 13.7 Å². The summed E-state index contributed by atoms with van der Waals surface area (Å²) in [5, 5.41) is 0.551. The van der Waals surface area contributed by atoms with Gasteiger partial charge in [0.05, 0.1) is 31.0 Å². The molecule has 2 saturated carbocycles. The number of amides is 2. The molecule has 2 aliphatic rings. The molecule has 2 aromatic heterocycles. The summed E-state index contributed by atoms with van der Waals surface area (Å²) >= 11 is 1.27. The van der Waals surface area contributed by atoms with E-state index in [-0.39, 0.29) is 18.1 Å². The first-order chi connectivity index (χ1) is 20.3. The van der Waals surface area contributed by atoms with Gasteiger partial charge in [-0.05, 0) is 88.5 Å². The fraction of sp³-hybridized carbons (Fsp3) is 0.484. The number of carbonyl (C=O) groups excluding carboxylic acids is 2. The number of rotatable bonds is 13. The van der Waals surface area contributed by atoms with Crippen molar-refractivity contribution in [1.29, 1.82) is 0 Å². The average molecular weight is 626 g/mol. The highest BCUT2D eigenvalue weighted by Gasteiger charge is 2.54. The van der Waals surface area contributed by atoms with Crippen molar-refractivity contribution in [3.8, 4) is 5.75 Å². The van der Waals surface area contributed by atoms with Gasteiger partial charge in [0.1, 0.15) is 21.3 Å². The summed E-state index contributed by atoms with van der Waals surface area (Å²) in [6, 6.07) is 12.4. The number of nitrogens with two attached hydrogens (primary N) is 1. The van der Waals surface area contributed by atoms with E-state index in [9.17, 15) is 18.0 Å². The molecule has 3 aromatic rings. The van der Waals surface area contributed by atoms with Crippen molar-refractivity contribution < 1.29 is 22.7 Å². The maximum Gasteiger partial charge on any atom is 0.284 e. The smallest absolute Gasteiger partial charge is 0.284 e. The Labute approximate surface area is 257 Å². The third kappa shape index (κ3) is 6.91. The van der Waals surface area contributed by atoms with E-state index >= 15 is 0 Å². The highest BCUT2D eigenvalue weighted by Crippen LogP contribution is 2.49. The standard InChI is InChI=1S/C31H39N5O5S2/c1-20-27(28(37)35-43(39,40)30(2,3)32)34-26(42-20)19-36(16-6-8-21-7-5-9-23(17-21)22-10-11-22)29(38)31(14-15-31)25-13-12-24(41-4)18-33-25/h5,7,9,12-13,17-18,22H,6,8,10-11,14-16,19,32H2,1-4H3,(H,35,37). The number of benzene rings is 1. The summed E-state index contributed by atoms with van der Waals surface area (Å²) in [6.07, 6.45) is 7.10. The fourth-order valence-electron chi connectivity index (χ4n) is 5.13. The number of aryl methyl sites for hydroxylation is 2. The van der Waals surface area contributed by atoms with E-state index in [4.69, 9.17) is 10.5 Å². The topological polar surface area (TPSA) is 145 Å². The summed E-state index contributed by atoms with van der Waals surface area (Å²) in [5.74, 6) is 0.438. The zero-order chi connectivity index (χ0) is 31.0. The van der Waals surface area contributed by atoms with E-state index in [1.807, 2.05) is 21.8 Å². The number of sulfonamides is 1. The molecule has 5 rings (SSSR count). The van der Waals surface area contributed by atoms with Gasteiger partial charge >= 0.3 is 0 Å². The first-order valence-corrected chi connectivity index (χ1v) is 16.8. The van der Waals surface area contributed by atoms with Gasteiger partial charge in [-0.2, -0.15) is 0 Å². The summed E-state index contributed by atoms with van der Waals surface area (Å²) in [7, 11) is -2.54. The van der Waals surface area contributed by atoms with Gasteiger partial charge in [-0.15, -0.1) is 11.3 Å². The van der Waals surface area contributed by atoms with Gasteiger partial charge in [0.2, 0.25) is 5.91 Å². The Morgan fingerprint density at radius 3 is 2.56 bits per heavy atom. The van der Waals surface area contributed by atoms with Gasteiger partial charge in [0.15, 0.2) is 0 Å². The van der Waals surface area contributed by atoms with E-state index in [0.29, 0.717) is 46.6 Å². The second-order valence-electron chi connectivity index (χ2n) is 12.1. The predicted molar refractivity (Wildman–Crippen MR) is 165 cm³/mol. The van der Waals surface area contributed by atoms with Crippen LogP contribution in [0.15, 0.2) is 42.6 Å². The molecular weight excluding hydrogens is 587 g/mol. The van der Waals surface area contributed by atoms with Crippen LogP contribution in [0.3, 0.4) is 0 Å². The van der Waals surface area contributed by atoms with Crippen LogP contribution in [0, 0.1) is 6.92 Å². The number of methoxy groups -OCH3 is 1. The number of nitrogens with zero attached hydrogens (tertiary/aromatic N) is 3. The number of pyridine rings is 1. The predicted octanol–water partition coefficient (Wildman–Crippen LogP) is 4.18. The molecule has 43 heavy (non-hydrogen) atoms. The van der Waals surface area contributed by atoms with Gasteiger partial charge in [0, 0.05) is 11.4 Å². The molecule has 2 fully saturated rings. The molecule has 0 aliphatic heterocycles. The third-order valence-electron chi connectivity index (χ3n) is 8.10. The Balaban J connectivity index is 1.35. The van der Waals surface area contributed by atoms with Crippen LogP contribution in [-0.2, 0) is 33.2 Å². The SMILES string of the molecule is COc1ccc(C2(C(=O)N(CCCc3cccc(C4CC4)c3)Cc3nc(C(=O)NS(=O)(=O)C(C)(C)N)c(C)s3)CC2)nc1. The van der Waals surface area contributed by atoms with E-state index in [1.54, 1.807) is 20.2 Å². The number of hydrogen-bond acceptors (Lipinski definition) is 9. The first-order valence-electron chi connectivity index (χ1n) is 14.5. The number of ether oxygens (including phenoxy) is 1. The maximum absolute atomic E-state index is 14.2. The molecule has 2 amide bonds. The Kier molecular flexibility index (Phi) is 8.65. The summed E-state index contributed by atoms with van der Waals surface area (Å²) in [4.78, 5) is 36.8. The molecule has 0 atom stereocenters. The van der Waals surface area contributed by atoms with Crippen molar-refractivity contribution >= 4 is 33.2 Å². The third-order valence-corrected chi connectivity index (χ3v) is 10.9. The highest BCUT2D eigenvalue weighted by molar-refractivity contribution is 7.91. The Hall–Kier alpha value is -3.35. The van der Waals surface area contributed by atoms with E-state index < -0.39 is 26.2 Å². The fourth-order valence-corrected chi connectivity index (χ4v) is 6.68. The zero-order valence-corrected chi connectivity index (χ0v) is 26.7. The molecule has 3 N–H and O–H groups in total. The van der Waals surface area contributed by atoms with Crippen molar-refractivity contribution in [3.63, 3.8) is 0 Å². The van der Waals surface area contributed by atoms with Gasteiger partial charge < -0.3 is 15.4 Å². The van der Waals surface area contributed by atoms with Gasteiger partial charge in [-0.3, -0.25) is 14.6 Å². The monoisotopic (exact) mass is 625 g/mol. The second-order valence-corrected chi connectivity index (χ2v) is 15.6. The van der Waals surface area contributed by atoms with Crippen molar-refractivity contribution in [3.05, 3.63) is 75.0 Å². The highest BCUT2D eigenvalue weighted by atomic mass is 32.2. The molecule has 0 spiro atoms. The molecule has 0 radical (unpaired) electrons. The molecule has 2 aliphatic carbocycles. The van der Waals surface area contributed by atoms with Crippen LogP contribution >= 0.6 is 11.3 Å². The largest absolute Gasteiger partial charge is 0.495 e. The minimum Gasteiger partial charge on any atom is -0.495 e. The Morgan fingerprint density at radius 1 is 1.21 bits per heavy atom. The quantitative estimate of drug-likeness (QED) is 0.288. The van der Waals surface area contributed by atoms with Gasteiger partial charge in [-0.1, -0.05) is 24.3 Å². The number of hydrogen-bond donors (Lipinski definition) is 2. The molecule has 12 heteroatoms. The van der Waals surface area contributed by atoms with Crippen LogP contribution in [0.5, 0.6) is 5.75 Å². The Morgan fingerprint density at radius 2 is 1.95 bits per heavy atom. The molecule has 0 unspecified atom stereocenters. The average Bonchev–Trinajstić information content (AvgIpc) is 3.89. The number of thiazole rings is 1. The number of aromatic nitrogens is 2. The summed E-state index contributed by atoms with van der Waals surface area (Å²) in [5.41, 5.74) is 8.39. The van der Waals surface area contributed by atoms with Crippen molar-refractivity contribution in [2.24, 2.45) is 5.73 Å². The molecule has 230 valence electrons. The van der Waals surface area contributed by atoms with Crippen LogP contribution in [0.1, 0.15) is 89.1 Å². The first kappa shape index (κ1) is 31.1. The van der Waals surface area contributed by atoms with Crippen LogP contribution in [-0.4, -0.2) is 53.6 Å². The number of nitrogens with one attached hydrogen (secondary N) is 1. The lowest BCUT2D eigenvalue weighted by molar-refractivity contribution is -0.134. The molecular formula is C31H39N5O5S2. The van der Waals surface area contributed by atoms with Gasteiger partial charge in [0.25, 0.3) is 15.9 Å². The van der Waals surface area contributed by atoms with Crippen LogP contribution in [0.25, 0.3) is 0 Å². The van der Waals surface area contributed by atoms with Crippen molar-refractivity contribution in [2.45, 2.75) is 82.0 Å². The van der Waals surface area contributed by atoms with E-state index in [1.165, 1.54) is 49.2 Å². The Bertz CT molecular complexity index is 1600. The van der Waals surface area contributed by atoms with E-state index in [2.05, 4.69) is 34.2 Å². The van der Waals surface area contributed by atoms with E-state index in [0.717, 1.165) is 12.8 Å². The normalized spacial score (nSPS) is 16.0. The number of carbonyl (C=O) groups is 2. The van der Waals surface area contributed by atoms with Crippen LogP contribution < -0.4 is 15.2 Å². The summed E-state index contributed by atoms with van der Waals surface area (Å²) < 4.78 is 32.2. The molecule has 2 heterocycles. The molecule has 0 bridgehead atoms. The lowest BCUT2D eigenvalue weighted by Gasteiger charge is -2.27. The van der Waals surface area contributed by atoms with Crippen LogP contribution in [0.4, 0.5) is 0 Å². The molecule has 1 aromatic carbocycles.